The molecule has 0 radical (unpaired) electrons. The number of rotatable bonds is 4. The minimum atomic E-state index is 0.190. The van der Waals surface area contributed by atoms with Crippen LogP contribution in [0.15, 0.2) is 11.4 Å². The first-order valence-corrected chi connectivity index (χ1v) is 4.94. The van der Waals surface area contributed by atoms with Gasteiger partial charge in [-0.15, -0.1) is 11.3 Å². The van der Waals surface area contributed by atoms with E-state index in [9.17, 15) is 0 Å². The normalized spacial score (nSPS) is 13.2. The second-order valence-corrected chi connectivity index (χ2v) is 3.72. The van der Waals surface area contributed by atoms with Crippen LogP contribution in [0.5, 0.6) is 0 Å². The quantitative estimate of drug-likeness (QED) is 0.779. The Morgan fingerprint density at radius 1 is 1.67 bits per heavy atom. The highest BCUT2D eigenvalue weighted by Crippen LogP contribution is 2.28. The van der Waals surface area contributed by atoms with Crippen molar-refractivity contribution in [2.24, 2.45) is 5.73 Å². The monoisotopic (exact) mass is 185 g/mol. The Morgan fingerprint density at radius 3 is 2.83 bits per heavy atom. The predicted octanol–water partition coefficient (Wildman–Crippen LogP) is 2.09. The Balaban J connectivity index is 2.72. The molecule has 1 unspecified atom stereocenters. The lowest BCUT2D eigenvalue weighted by Crippen LogP contribution is -2.08. The van der Waals surface area contributed by atoms with Crippen LogP contribution in [0.2, 0.25) is 0 Å². The zero-order valence-electron chi connectivity index (χ0n) is 7.54. The molecule has 0 aliphatic carbocycles. The molecular weight excluding hydrogens is 170 g/mol. The van der Waals surface area contributed by atoms with Crippen molar-refractivity contribution in [3.8, 4) is 0 Å². The van der Waals surface area contributed by atoms with Crippen molar-refractivity contribution in [3.63, 3.8) is 0 Å². The molecular formula is C9H15NOS. The Labute approximate surface area is 77.3 Å². The van der Waals surface area contributed by atoms with Crippen molar-refractivity contribution in [2.75, 3.05) is 13.7 Å². The summed E-state index contributed by atoms with van der Waals surface area (Å²) in [6.45, 7) is 2.78. The lowest BCUT2D eigenvalue weighted by Gasteiger charge is -2.13. The zero-order chi connectivity index (χ0) is 8.97. The van der Waals surface area contributed by atoms with Gasteiger partial charge in [0.2, 0.25) is 0 Å². The van der Waals surface area contributed by atoms with Crippen molar-refractivity contribution in [1.82, 2.24) is 0 Å². The van der Waals surface area contributed by atoms with Crippen LogP contribution in [0, 0.1) is 6.92 Å². The maximum atomic E-state index is 5.49. The van der Waals surface area contributed by atoms with Crippen LogP contribution in [0.4, 0.5) is 0 Å². The standard InChI is InChI=1S/C9H15NOS/c1-7-4-6-12-9(7)8(11-2)3-5-10/h4,6,8H,3,5,10H2,1-2H3. The summed E-state index contributed by atoms with van der Waals surface area (Å²) in [5.41, 5.74) is 6.79. The van der Waals surface area contributed by atoms with Crippen molar-refractivity contribution in [1.29, 1.82) is 0 Å². The van der Waals surface area contributed by atoms with Gasteiger partial charge in [-0.2, -0.15) is 0 Å². The number of nitrogens with two attached hydrogens (primary N) is 1. The topological polar surface area (TPSA) is 35.2 Å². The third-order valence-electron chi connectivity index (χ3n) is 1.91. The molecule has 0 amide bonds. The van der Waals surface area contributed by atoms with Gasteiger partial charge in [0.05, 0.1) is 6.10 Å². The summed E-state index contributed by atoms with van der Waals surface area (Å²) >= 11 is 1.74. The van der Waals surface area contributed by atoms with E-state index in [4.69, 9.17) is 10.5 Å². The fourth-order valence-corrected chi connectivity index (χ4v) is 2.26. The van der Waals surface area contributed by atoms with Gasteiger partial charge in [-0.3, -0.25) is 0 Å². The molecule has 3 heteroatoms. The maximum Gasteiger partial charge on any atom is 0.0927 e. The van der Waals surface area contributed by atoms with Crippen molar-refractivity contribution in [3.05, 3.63) is 21.9 Å². The lowest BCUT2D eigenvalue weighted by atomic mass is 10.1. The molecule has 0 saturated carbocycles. The summed E-state index contributed by atoms with van der Waals surface area (Å²) in [6, 6.07) is 2.11. The molecule has 68 valence electrons. The molecule has 0 aromatic carbocycles. The average molecular weight is 185 g/mol. The second kappa shape index (κ2) is 4.60. The molecule has 0 aliphatic rings. The summed E-state index contributed by atoms with van der Waals surface area (Å²) in [7, 11) is 1.74. The van der Waals surface area contributed by atoms with E-state index in [2.05, 4.69) is 18.4 Å². The summed E-state index contributed by atoms with van der Waals surface area (Å²) in [5, 5.41) is 2.09. The smallest absolute Gasteiger partial charge is 0.0927 e. The van der Waals surface area contributed by atoms with Crippen LogP contribution >= 0.6 is 11.3 Å². The van der Waals surface area contributed by atoms with Gasteiger partial charge in [0.25, 0.3) is 0 Å². The SMILES string of the molecule is COC(CCN)c1sccc1C. The molecule has 1 aromatic heterocycles. The molecule has 0 aliphatic heterocycles. The minimum absolute atomic E-state index is 0.190. The van der Waals surface area contributed by atoms with E-state index in [0.717, 1.165) is 6.42 Å². The predicted molar refractivity (Wildman–Crippen MR) is 52.5 cm³/mol. The number of aryl methyl sites for hydroxylation is 1. The second-order valence-electron chi connectivity index (χ2n) is 2.77. The third-order valence-corrected chi connectivity index (χ3v) is 3.02. The highest BCUT2D eigenvalue weighted by atomic mass is 32.1. The molecule has 1 atom stereocenters. The first-order chi connectivity index (χ1) is 5.79. The van der Waals surface area contributed by atoms with Gasteiger partial charge in [0.1, 0.15) is 0 Å². The van der Waals surface area contributed by atoms with Crippen LogP contribution in [-0.2, 0) is 4.74 Å². The Kier molecular flexibility index (Phi) is 3.72. The van der Waals surface area contributed by atoms with E-state index in [1.165, 1.54) is 10.4 Å². The Hall–Kier alpha value is -0.380. The number of methoxy groups -OCH3 is 1. The lowest BCUT2D eigenvalue weighted by molar-refractivity contribution is 0.100. The van der Waals surface area contributed by atoms with Crippen LogP contribution in [-0.4, -0.2) is 13.7 Å². The van der Waals surface area contributed by atoms with Crippen LogP contribution in [0.1, 0.15) is 23.0 Å². The van der Waals surface area contributed by atoms with Gasteiger partial charge in [-0.05, 0) is 36.9 Å². The summed E-state index contributed by atoms with van der Waals surface area (Å²) < 4.78 is 5.35. The fraction of sp³-hybridized carbons (Fsp3) is 0.556. The number of thiophene rings is 1. The molecule has 1 aromatic rings. The molecule has 0 fully saturated rings. The fourth-order valence-electron chi connectivity index (χ4n) is 1.22. The first kappa shape index (κ1) is 9.71. The van der Waals surface area contributed by atoms with Crippen molar-refractivity contribution >= 4 is 11.3 Å². The average Bonchev–Trinajstić information content (AvgIpc) is 2.47. The molecule has 12 heavy (non-hydrogen) atoms. The molecule has 2 N–H and O–H groups in total. The number of hydrogen-bond acceptors (Lipinski definition) is 3. The summed E-state index contributed by atoms with van der Waals surface area (Å²) in [4.78, 5) is 1.31. The number of ether oxygens (including phenoxy) is 1. The first-order valence-electron chi connectivity index (χ1n) is 4.06. The van der Waals surface area contributed by atoms with Gasteiger partial charge in [0, 0.05) is 12.0 Å². The number of hydrogen-bond donors (Lipinski definition) is 1. The summed E-state index contributed by atoms with van der Waals surface area (Å²) in [5.74, 6) is 0. The van der Waals surface area contributed by atoms with Crippen LogP contribution in [0.25, 0.3) is 0 Å². The van der Waals surface area contributed by atoms with Gasteiger partial charge in [0.15, 0.2) is 0 Å². The Bertz CT molecular complexity index is 234. The Morgan fingerprint density at radius 2 is 2.42 bits per heavy atom. The molecule has 2 nitrogen and oxygen atoms in total. The highest BCUT2D eigenvalue weighted by Gasteiger charge is 2.12. The van der Waals surface area contributed by atoms with E-state index < -0.39 is 0 Å². The molecule has 1 rings (SSSR count). The zero-order valence-corrected chi connectivity index (χ0v) is 8.36. The minimum Gasteiger partial charge on any atom is -0.376 e. The maximum absolute atomic E-state index is 5.49. The molecule has 0 saturated heterocycles. The van der Waals surface area contributed by atoms with Gasteiger partial charge in [-0.25, -0.2) is 0 Å². The van der Waals surface area contributed by atoms with Crippen LogP contribution in [0.3, 0.4) is 0 Å². The van der Waals surface area contributed by atoms with E-state index >= 15 is 0 Å². The van der Waals surface area contributed by atoms with Gasteiger partial charge < -0.3 is 10.5 Å². The molecule has 0 bridgehead atoms. The van der Waals surface area contributed by atoms with E-state index in [1.807, 2.05) is 0 Å². The largest absolute Gasteiger partial charge is 0.376 e. The van der Waals surface area contributed by atoms with Crippen molar-refractivity contribution < 1.29 is 4.74 Å². The molecule has 0 spiro atoms. The van der Waals surface area contributed by atoms with E-state index in [1.54, 1.807) is 18.4 Å². The van der Waals surface area contributed by atoms with Gasteiger partial charge >= 0.3 is 0 Å². The summed E-state index contributed by atoms with van der Waals surface area (Å²) in [6.07, 6.45) is 1.09. The van der Waals surface area contributed by atoms with E-state index in [-0.39, 0.29) is 6.10 Å². The third kappa shape index (κ3) is 2.06. The molecule has 1 heterocycles. The van der Waals surface area contributed by atoms with E-state index in [0.29, 0.717) is 6.54 Å². The van der Waals surface area contributed by atoms with Crippen LogP contribution < -0.4 is 5.73 Å². The highest BCUT2D eigenvalue weighted by molar-refractivity contribution is 7.10. The van der Waals surface area contributed by atoms with Gasteiger partial charge in [-0.1, -0.05) is 0 Å². The van der Waals surface area contributed by atoms with Crippen molar-refractivity contribution in [2.45, 2.75) is 19.4 Å².